The number of Topliss-reactive ketones (excluding diaryl/α,β-unsaturated/α-hetero) is 2. The molecule has 2 bridgehead atoms. The van der Waals surface area contributed by atoms with Gasteiger partial charge in [0.2, 0.25) is 0 Å². The summed E-state index contributed by atoms with van der Waals surface area (Å²) in [5.41, 5.74) is -1.23. The summed E-state index contributed by atoms with van der Waals surface area (Å²) in [5, 5.41) is 12.4. The maximum Gasteiger partial charge on any atom is 0.198 e. The van der Waals surface area contributed by atoms with Gasteiger partial charge in [0.1, 0.15) is 5.54 Å². The molecule has 158 valence electrons. The molecular formula is C26H25NO3S. The lowest BCUT2D eigenvalue weighted by Gasteiger charge is -2.48. The molecule has 4 atom stereocenters. The Bertz CT molecular complexity index is 1150. The van der Waals surface area contributed by atoms with Crippen molar-refractivity contribution in [2.45, 2.75) is 37.8 Å². The summed E-state index contributed by atoms with van der Waals surface area (Å²) >= 11 is 1.55. The van der Waals surface area contributed by atoms with Crippen LogP contribution in [0.2, 0.25) is 0 Å². The van der Waals surface area contributed by atoms with E-state index in [9.17, 15) is 14.7 Å². The zero-order chi connectivity index (χ0) is 21.6. The van der Waals surface area contributed by atoms with Gasteiger partial charge < -0.3 is 5.11 Å². The van der Waals surface area contributed by atoms with Gasteiger partial charge in [-0.2, -0.15) is 0 Å². The van der Waals surface area contributed by atoms with Crippen LogP contribution in [0.15, 0.2) is 66.2 Å². The van der Waals surface area contributed by atoms with E-state index in [1.165, 1.54) is 0 Å². The molecule has 1 saturated heterocycles. The number of rotatable bonds is 3. The van der Waals surface area contributed by atoms with Gasteiger partial charge in [-0.3, -0.25) is 9.59 Å². The first-order chi connectivity index (χ1) is 14.8. The van der Waals surface area contributed by atoms with E-state index < -0.39 is 11.1 Å². The second-order valence-electron chi connectivity index (χ2n) is 9.94. The van der Waals surface area contributed by atoms with E-state index in [1.807, 2.05) is 48.5 Å². The van der Waals surface area contributed by atoms with Crippen molar-refractivity contribution >= 4 is 29.1 Å². The highest BCUT2D eigenvalue weighted by Crippen LogP contribution is 2.80. The Labute approximate surface area is 186 Å². The van der Waals surface area contributed by atoms with Gasteiger partial charge in [0, 0.05) is 33.8 Å². The van der Waals surface area contributed by atoms with Crippen LogP contribution in [-0.2, 0) is 4.79 Å². The van der Waals surface area contributed by atoms with E-state index in [0.717, 1.165) is 18.6 Å². The Balaban J connectivity index is 1.71. The van der Waals surface area contributed by atoms with E-state index in [2.05, 4.69) is 18.6 Å². The molecule has 6 rings (SSSR count). The largest absolute Gasteiger partial charge is 0.379 e. The van der Waals surface area contributed by atoms with Crippen molar-refractivity contribution in [3.05, 3.63) is 77.4 Å². The Morgan fingerprint density at radius 2 is 1.71 bits per heavy atom. The minimum atomic E-state index is -1.62. The highest BCUT2D eigenvalue weighted by molar-refractivity contribution is 7.97. The highest BCUT2D eigenvalue weighted by atomic mass is 32.2. The Morgan fingerprint density at radius 1 is 1.06 bits per heavy atom. The Morgan fingerprint density at radius 3 is 2.39 bits per heavy atom. The van der Waals surface area contributed by atoms with Crippen molar-refractivity contribution in [2.75, 3.05) is 5.75 Å². The number of ketones is 2. The number of fused-ring (bicyclic) bond motifs is 2. The topological polar surface area (TPSA) is 66.4 Å². The molecule has 4 aliphatic rings. The van der Waals surface area contributed by atoms with Crippen molar-refractivity contribution in [1.82, 2.24) is 4.72 Å². The zero-order valence-electron chi connectivity index (χ0n) is 17.6. The summed E-state index contributed by atoms with van der Waals surface area (Å²) in [5.74, 6) is 0.120. The van der Waals surface area contributed by atoms with E-state index in [4.69, 9.17) is 0 Å². The van der Waals surface area contributed by atoms with Gasteiger partial charge >= 0.3 is 0 Å². The third-order valence-electron chi connectivity index (χ3n) is 8.83. The highest BCUT2D eigenvalue weighted by Gasteiger charge is 2.89. The average molecular weight is 432 g/mol. The fourth-order valence-electron chi connectivity index (χ4n) is 7.44. The number of hydrogen-bond acceptors (Lipinski definition) is 5. The van der Waals surface area contributed by atoms with Gasteiger partial charge in [-0.25, -0.2) is 4.72 Å². The van der Waals surface area contributed by atoms with Crippen LogP contribution in [0.4, 0.5) is 0 Å². The minimum Gasteiger partial charge on any atom is -0.379 e. The summed E-state index contributed by atoms with van der Waals surface area (Å²) in [6, 6.07) is 18.5. The number of carbonyl (C=O) groups is 2. The molecule has 2 N–H and O–H groups in total. The molecule has 1 aliphatic heterocycles. The van der Waals surface area contributed by atoms with E-state index in [-0.39, 0.29) is 28.3 Å². The lowest BCUT2D eigenvalue weighted by atomic mass is 9.58. The normalized spacial score (nSPS) is 37.3. The molecule has 2 spiro atoms. The standard InChI is InChI=1S/C26H25NO3S/c1-23(2)18-13-14-24(23)15-31-27-26(24)20(21(28)17-11-7-4-8-12-17)19(22(29)25(18,26)30)16-9-5-3-6-10-16/h3-12,18,27,30H,13-15H2,1-2H3/t18-,24-,25-,26-/m0/s1. The SMILES string of the molecule is CC1(C)[C@@H]2CC[C@]13CSN[C@@]31C(C(=O)c3ccccc3)=C(c3ccccc3)C(=O)[C@@]21O. The third-order valence-corrected chi connectivity index (χ3v) is 9.91. The first kappa shape index (κ1) is 19.5. The van der Waals surface area contributed by atoms with E-state index in [1.54, 1.807) is 24.1 Å². The fraction of sp³-hybridized carbons (Fsp3) is 0.385. The van der Waals surface area contributed by atoms with Crippen LogP contribution in [0, 0.1) is 16.7 Å². The second kappa shape index (κ2) is 5.97. The quantitative estimate of drug-likeness (QED) is 0.567. The number of aliphatic hydroxyl groups is 1. The summed E-state index contributed by atoms with van der Waals surface area (Å²) in [6.07, 6.45) is 1.70. The van der Waals surface area contributed by atoms with Gasteiger partial charge in [-0.05, 0) is 23.8 Å². The second-order valence-corrected chi connectivity index (χ2v) is 10.7. The molecule has 2 aromatic rings. The molecule has 3 fully saturated rings. The van der Waals surface area contributed by atoms with Crippen molar-refractivity contribution in [1.29, 1.82) is 0 Å². The van der Waals surface area contributed by atoms with Crippen LogP contribution < -0.4 is 4.72 Å². The van der Waals surface area contributed by atoms with Crippen LogP contribution in [0.1, 0.15) is 42.6 Å². The number of carbonyl (C=O) groups excluding carboxylic acids is 2. The smallest absolute Gasteiger partial charge is 0.198 e. The lowest BCUT2D eigenvalue weighted by Crippen LogP contribution is -2.67. The first-order valence-electron chi connectivity index (χ1n) is 10.9. The molecule has 31 heavy (non-hydrogen) atoms. The predicted octanol–water partition coefficient (Wildman–Crippen LogP) is 4.06. The van der Waals surface area contributed by atoms with E-state index >= 15 is 0 Å². The molecule has 0 unspecified atom stereocenters. The Kier molecular flexibility index (Phi) is 3.75. The molecule has 2 saturated carbocycles. The van der Waals surface area contributed by atoms with Crippen LogP contribution >= 0.6 is 11.9 Å². The zero-order valence-corrected chi connectivity index (χ0v) is 18.5. The first-order valence-corrected chi connectivity index (χ1v) is 11.9. The molecule has 2 aromatic carbocycles. The number of nitrogens with one attached hydrogen (secondary N) is 1. The van der Waals surface area contributed by atoms with Crippen molar-refractivity contribution < 1.29 is 14.7 Å². The molecule has 0 radical (unpaired) electrons. The summed E-state index contributed by atoms with van der Waals surface area (Å²) in [4.78, 5) is 28.3. The summed E-state index contributed by atoms with van der Waals surface area (Å²) in [6.45, 7) is 4.35. The van der Waals surface area contributed by atoms with Crippen LogP contribution in [0.5, 0.6) is 0 Å². The van der Waals surface area contributed by atoms with Gasteiger partial charge in [0.15, 0.2) is 17.2 Å². The lowest BCUT2D eigenvalue weighted by molar-refractivity contribution is -0.143. The molecule has 4 nitrogen and oxygen atoms in total. The van der Waals surface area contributed by atoms with E-state index in [0.29, 0.717) is 22.3 Å². The fourth-order valence-corrected chi connectivity index (χ4v) is 9.16. The predicted molar refractivity (Wildman–Crippen MR) is 121 cm³/mol. The minimum absolute atomic E-state index is 0.165. The van der Waals surface area contributed by atoms with Gasteiger partial charge in [-0.1, -0.05) is 86.5 Å². The monoisotopic (exact) mass is 431 g/mol. The van der Waals surface area contributed by atoms with Gasteiger partial charge in [0.25, 0.3) is 0 Å². The van der Waals surface area contributed by atoms with Crippen molar-refractivity contribution in [2.24, 2.45) is 16.7 Å². The van der Waals surface area contributed by atoms with Crippen LogP contribution in [0.25, 0.3) is 5.57 Å². The molecule has 0 aromatic heterocycles. The molecular weight excluding hydrogens is 406 g/mol. The number of hydrogen-bond donors (Lipinski definition) is 2. The Hall–Kier alpha value is -2.21. The van der Waals surface area contributed by atoms with Crippen molar-refractivity contribution in [3.8, 4) is 0 Å². The number of benzene rings is 2. The maximum absolute atomic E-state index is 14.2. The average Bonchev–Trinajstić information content (AvgIpc) is 3.40. The summed E-state index contributed by atoms with van der Waals surface area (Å²) in [7, 11) is 0. The van der Waals surface area contributed by atoms with Gasteiger partial charge in [0.05, 0.1) is 0 Å². The summed E-state index contributed by atoms with van der Waals surface area (Å²) < 4.78 is 3.51. The third kappa shape index (κ3) is 1.89. The van der Waals surface area contributed by atoms with Crippen LogP contribution in [0.3, 0.4) is 0 Å². The maximum atomic E-state index is 14.2. The molecule has 0 amide bonds. The van der Waals surface area contributed by atoms with Crippen molar-refractivity contribution in [3.63, 3.8) is 0 Å². The van der Waals surface area contributed by atoms with Gasteiger partial charge in [-0.15, -0.1) is 0 Å². The van der Waals surface area contributed by atoms with Crippen LogP contribution in [-0.4, -0.2) is 33.6 Å². The molecule has 3 aliphatic carbocycles. The molecule has 5 heteroatoms. The molecule has 1 heterocycles.